The average molecular weight is 330 g/mol. The zero-order chi connectivity index (χ0) is 17.1. The van der Waals surface area contributed by atoms with E-state index in [9.17, 15) is 9.59 Å². The topological polar surface area (TPSA) is 82.0 Å². The minimum Gasteiger partial charge on any atom is -0.336 e. The van der Waals surface area contributed by atoms with E-state index in [1.54, 1.807) is 25.5 Å². The first-order valence-corrected chi connectivity index (χ1v) is 8.14. The summed E-state index contributed by atoms with van der Waals surface area (Å²) in [6, 6.07) is 2.08. The van der Waals surface area contributed by atoms with Crippen LogP contribution in [0.1, 0.15) is 25.1 Å². The third-order valence-corrected chi connectivity index (χ3v) is 4.54. The fourth-order valence-corrected chi connectivity index (χ4v) is 3.06. The van der Waals surface area contributed by atoms with Crippen LogP contribution in [0.25, 0.3) is 0 Å². The van der Waals surface area contributed by atoms with Crippen LogP contribution < -0.4 is 0 Å². The number of likely N-dealkylation sites (N-methyl/N-ethyl adjacent to an activating group) is 1. The van der Waals surface area contributed by atoms with Gasteiger partial charge in [0.2, 0.25) is 5.91 Å². The fourth-order valence-electron chi connectivity index (χ4n) is 3.06. The summed E-state index contributed by atoms with van der Waals surface area (Å²) in [6.45, 7) is 2.03. The minimum atomic E-state index is -0.0544. The molecule has 1 saturated heterocycles. The molecule has 0 aromatic carbocycles. The van der Waals surface area contributed by atoms with Gasteiger partial charge >= 0.3 is 0 Å². The second-order valence-corrected chi connectivity index (χ2v) is 6.24. The highest BCUT2D eigenvalue weighted by molar-refractivity contribution is 6.39. The maximum Gasteiger partial charge on any atom is 0.270 e. The molecule has 0 spiro atoms. The number of aromatic nitrogens is 2. The molecule has 2 aliphatic heterocycles. The highest BCUT2D eigenvalue weighted by Gasteiger charge is 2.32. The molecule has 0 N–H and O–H groups in total. The van der Waals surface area contributed by atoms with Crippen molar-refractivity contribution in [3.05, 3.63) is 24.3 Å². The van der Waals surface area contributed by atoms with Crippen molar-refractivity contribution < 1.29 is 9.59 Å². The van der Waals surface area contributed by atoms with Gasteiger partial charge in [-0.05, 0) is 19.5 Å². The number of nitrogens with zero attached hydrogens (tertiary/aromatic N) is 6. The van der Waals surface area contributed by atoms with E-state index in [1.807, 2.05) is 11.9 Å². The largest absolute Gasteiger partial charge is 0.336 e. The van der Waals surface area contributed by atoms with Gasteiger partial charge in [0.05, 0.1) is 6.54 Å². The lowest BCUT2D eigenvalue weighted by atomic mass is 10.1. The lowest BCUT2D eigenvalue weighted by Crippen LogP contribution is -2.41. The Balaban J connectivity index is 1.58. The van der Waals surface area contributed by atoms with Gasteiger partial charge < -0.3 is 4.90 Å². The van der Waals surface area contributed by atoms with E-state index in [1.165, 1.54) is 5.01 Å². The molecule has 3 heterocycles. The highest BCUT2D eigenvalue weighted by Crippen LogP contribution is 2.18. The number of rotatable bonds is 4. The van der Waals surface area contributed by atoms with Crippen molar-refractivity contribution in [3.8, 4) is 0 Å². The molecule has 1 aromatic rings. The summed E-state index contributed by atoms with van der Waals surface area (Å²) in [4.78, 5) is 36.6. The summed E-state index contributed by atoms with van der Waals surface area (Å²) in [7, 11) is 3.62. The Morgan fingerprint density at radius 2 is 2.08 bits per heavy atom. The molecule has 3 rings (SSSR count). The van der Waals surface area contributed by atoms with Crippen molar-refractivity contribution in [1.82, 2.24) is 24.8 Å². The van der Waals surface area contributed by atoms with Crippen LogP contribution in [0.15, 0.2) is 23.6 Å². The lowest BCUT2D eigenvalue weighted by Gasteiger charge is -2.25. The first-order chi connectivity index (χ1) is 11.5. The van der Waals surface area contributed by atoms with Gasteiger partial charge in [0.15, 0.2) is 0 Å². The van der Waals surface area contributed by atoms with Gasteiger partial charge in [0, 0.05) is 51.4 Å². The SMILES string of the molecule is CN1N=C(C(=O)N2CC[C@H](N(C)Cc3ncccn3)C2)CCC1=O. The molecule has 1 fully saturated rings. The van der Waals surface area contributed by atoms with Crippen molar-refractivity contribution in [2.45, 2.75) is 31.8 Å². The molecule has 2 aliphatic rings. The Labute approximate surface area is 141 Å². The first kappa shape index (κ1) is 16.5. The smallest absolute Gasteiger partial charge is 0.270 e. The Bertz CT molecular complexity index is 647. The highest BCUT2D eigenvalue weighted by atomic mass is 16.2. The van der Waals surface area contributed by atoms with E-state index < -0.39 is 0 Å². The number of carbonyl (C=O) groups is 2. The molecule has 0 unspecified atom stereocenters. The van der Waals surface area contributed by atoms with E-state index in [0.29, 0.717) is 38.2 Å². The average Bonchev–Trinajstić information content (AvgIpc) is 3.08. The van der Waals surface area contributed by atoms with E-state index in [4.69, 9.17) is 0 Å². The summed E-state index contributed by atoms with van der Waals surface area (Å²) in [5.41, 5.74) is 0.479. The number of hydrazone groups is 1. The molecule has 0 bridgehead atoms. The molecule has 1 atom stereocenters. The number of amides is 2. The Morgan fingerprint density at radius 1 is 1.33 bits per heavy atom. The van der Waals surface area contributed by atoms with Gasteiger partial charge in [-0.3, -0.25) is 14.5 Å². The second-order valence-electron chi connectivity index (χ2n) is 6.24. The van der Waals surface area contributed by atoms with Crippen LogP contribution in [-0.2, 0) is 16.1 Å². The summed E-state index contributed by atoms with van der Waals surface area (Å²) in [5.74, 6) is 0.677. The van der Waals surface area contributed by atoms with Gasteiger partial charge in [-0.25, -0.2) is 15.0 Å². The molecule has 0 saturated carbocycles. The van der Waals surface area contributed by atoms with Crippen LogP contribution >= 0.6 is 0 Å². The van der Waals surface area contributed by atoms with Crippen LogP contribution in [0.5, 0.6) is 0 Å². The minimum absolute atomic E-state index is 0.0477. The Hall–Kier alpha value is -2.35. The van der Waals surface area contributed by atoms with E-state index in [2.05, 4.69) is 20.0 Å². The zero-order valence-corrected chi connectivity index (χ0v) is 14.1. The molecule has 128 valence electrons. The van der Waals surface area contributed by atoms with E-state index >= 15 is 0 Å². The van der Waals surface area contributed by atoms with E-state index in [0.717, 1.165) is 12.2 Å². The Morgan fingerprint density at radius 3 is 2.79 bits per heavy atom. The molecular formula is C16H22N6O2. The number of likely N-dealkylation sites (tertiary alicyclic amines) is 1. The summed E-state index contributed by atoms with van der Waals surface area (Å²) >= 11 is 0. The van der Waals surface area contributed by atoms with Crippen molar-refractivity contribution in [1.29, 1.82) is 0 Å². The van der Waals surface area contributed by atoms with Crippen molar-refractivity contribution in [2.75, 3.05) is 27.2 Å². The van der Waals surface area contributed by atoms with Crippen molar-refractivity contribution in [3.63, 3.8) is 0 Å². The predicted molar refractivity (Wildman–Crippen MR) is 87.9 cm³/mol. The zero-order valence-electron chi connectivity index (χ0n) is 14.1. The fraction of sp³-hybridized carbons (Fsp3) is 0.562. The normalized spacial score (nSPS) is 21.4. The van der Waals surface area contributed by atoms with Gasteiger partial charge in [-0.1, -0.05) is 0 Å². The molecule has 1 aromatic heterocycles. The molecular weight excluding hydrogens is 308 g/mol. The van der Waals surface area contributed by atoms with Gasteiger partial charge in [0.25, 0.3) is 5.91 Å². The standard InChI is InChI=1S/C16H22N6O2/c1-20(11-14-17-7-3-8-18-14)12-6-9-22(10-12)16(24)13-4-5-15(23)21(2)19-13/h3,7-8,12H,4-6,9-11H2,1-2H3/t12-/m0/s1. The monoisotopic (exact) mass is 330 g/mol. The van der Waals surface area contributed by atoms with Crippen LogP contribution in [0, 0.1) is 0 Å². The van der Waals surface area contributed by atoms with E-state index in [-0.39, 0.29) is 17.9 Å². The molecule has 0 aliphatic carbocycles. The first-order valence-electron chi connectivity index (χ1n) is 8.14. The van der Waals surface area contributed by atoms with Gasteiger partial charge in [0.1, 0.15) is 11.5 Å². The second kappa shape index (κ2) is 7.04. The maximum absolute atomic E-state index is 12.6. The van der Waals surface area contributed by atoms with Crippen LogP contribution in [0.4, 0.5) is 0 Å². The van der Waals surface area contributed by atoms with Gasteiger partial charge in [-0.15, -0.1) is 0 Å². The number of hydrogen-bond acceptors (Lipinski definition) is 6. The Kier molecular flexibility index (Phi) is 4.84. The van der Waals surface area contributed by atoms with Crippen molar-refractivity contribution >= 4 is 17.5 Å². The molecule has 24 heavy (non-hydrogen) atoms. The van der Waals surface area contributed by atoms with Crippen LogP contribution in [0.3, 0.4) is 0 Å². The molecule has 2 amide bonds. The summed E-state index contributed by atoms with van der Waals surface area (Å²) in [6.07, 6.45) is 5.16. The quantitative estimate of drug-likeness (QED) is 0.783. The van der Waals surface area contributed by atoms with Crippen LogP contribution in [0.2, 0.25) is 0 Å². The van der Waals surface area contributed by atoms with Gasteiger partial charge in [-0.2, -0.15) is 5.10 Å². The maximum atomic E-state index is 12.6. The van der Waals surface area contributed by atoms with Crippen molar-refractivity contribution in [2.24, 2.45) is 5.10 Å². The predicted octanol–water partition coefficient (Wildman–Crippen LogP) is 0.118. The lowest BCUT2D eigenvalue weighted by molar-refractivity contribution is -0.130. The summed E-state index contributed by atoms with van der Waals surface area (Å²) in [5, 5.41) is 5.39. The molecule has 8 nitrogen and oxygen atoms in total. The molecule has 8 heteroatoms. The summed E-state index contributed by atoms with van der Waals surface area (Å²) < 4.78 is 0. The third kappa shape index (κ3) is 3.59. The number of hydrogen-bond donors (Lipinski definition) is 0. The van der Waals surface area contributed by atoms with Crippen LogP contribution in [-0.4, -0.2) is 75.5 Å². The number of carbonyl (C=O) groups excluding carboxylic acids is 2. The third-order valence-electron chi connectivity index (χ3n) is 4.54. The molecule has 0 radical (unpaired) electrons.